The second-order valence-electron chi connectivity index (χ2n) is 5.10. The molecule has 3 heteroatoms. The van der Waals surface area contributed by atoms with Crippen LogP contribution in [0.2, 0.25) is 0 Å². The van der Waals surface area contributed by atoms with Gasteiger partial charge in [-0.1, -0.05) is 42.5 Å². The number of methoxy groups -OCH3 is 1. The van der Waals surface area contributed by atoms with E-state index in [0.717, 1.165) is 22.1 Å². The Labute approximate surface area is 129 Å². The van der Waals surface area contributed by atoms with Crippen molar-refractivity contribution in [3.8, 4) is 5.75 Å². The number of ether oxygens (including phenoxy) is 1. The van der Waals surface area contributed by atoms with Gasteiger partial charge in [0.1, 0.15) is 5.75 Å². The van der Waals surface area contributed by atoms with Crippen molar-refractivity contribution < 1.29 is 9.53 Å². The quantitative estimate of drug-likeness (QED) is 0.794. The molecule has 0 aliphatic carbocycles. The maximum absolute atomic E-state index is 12.3. The van der Waals surface area contributed by atoms with Crippen molar-refractivity contribution in [2.45, 2.75) is 6.54 Å². The second kappa shape index (κ2) is 6.31. The van der Waals surface area contributed by atoms with Crippen molar-refractivity contribution in [3.63, 3.8) is 0 Å². The van der Waals surface area contributed by atoms with E-state index < -0.39 is 0 Å². The first-order valence-electron chi connectivity index (χ1n) is 7.16. The Balaban J connectivity index is 1.72. The number of hydrogen-bond acceptors (Lipinski definition) is 2. The molecule has 0 aliphatic heterocycles. The van der Waals surface area contributed by atoms with Crippen LogP contribution < -0.4 is 10.1 Å². The fourth-order valence-corrected chi connectivity index (χ4v) is 2.40. The third kappa shape index (κ3) is 3.09. The fourth-order valence-electron chi connectivity index (χ4n) is 2.40. The second-order valence-corrected chi connectivity index (χ2v) is 5.10. The first-order valence-corrected chi connectivity index (χ1v) is 7.16. The number of benzene rings is 3. The molecule has 0 heterocycles. The summed E-state index contributed by atoms with van der Waals surface area (Å²) >= 11 is 0. The predicted octanol–water partition coefficient (Wildman–Crippen LogP) is 3.78. The van der Waals surface area contributed by atoms with Gasteiger partial charge in [-0.05, 0) is 40.6 Å². The van der Waals surface area contributed by atoms with Crippen LogP contribution in [0.1, 0.15) is 15.9 Å². The number of hydrogen-bond donors (Lipinski definition) is 1. The van der Waals surface area contributed by atoms with Gasteiger partial charge in [0.15, 0.2) is 0 Å². The number of nitrogens with one attached hydrogen (secondary N) is 1. The van der Waals surface area contributed by atoms with Crippen LogP contribution in [0.25, 0.3) is 10.8 Å². The molecule has 0 atom stereocenters. The molecule has 0 spiro atoms. The smallest absolute Gasteiger partial charge is 0.251 e. The molecule has 3 rings (SSSR count). The minimum atomic E-state index is -0.0754. The summed E-state index contributed by atoms with van der Waals surface area (Å²) in [5, 5.41) is 5.13. The van der Waals surface area contributed by atoms with Gasteiger partial charge in [0.25, 0.3) is 5.91 Å². The molecule has 0 fully saturated rings. The third-order valence-electron chi connectivity index (χ3n) is 3.60. The maximum Gasteiger partial charge on any atom is 0.251 e. The Morgan fingerprint density at radius 3 is 2.59 bits per heavy atom. The van der Waals surface area contributed by atoms with Gasteiger partial charge in [0.2, 0.25) is 0 Å². The summed E-state index contributed by atoms with van der Waals surface area (Å²) < 4.78 is 5.18. The largest absolute Gasteiger partial charge is 0.497 e. The highest BCUT2D eigenvalue weighted by molar-refractivity contribution is 5.98. The molecule has 0 unspecified atom stereocenters. The van der Waals surface area contributed by atoms with E-state index in [1.54, 1.807) is 7.11 Å². The molecule has 0 bridgehead atoms. The van der Waals surface area contributed by atoms with E-state index in [-0.39, 0.29) is 5.91 Å². The van der Waals surface area contributed by atoms with E-state index in [0.29, 0.717) is 12.1 Å². The van der Waals surface area contributed by atoms with Crippen LogP contribution in [-0.2, 0) is 6.54 Å². The van der Waals surface area contributed by atoms with Crippen molar-refractivity contribution in [3.05, 3.63) is 77.9 Å². The summed E-state index contributed by atoms with van der Waals surface area (Å²) in [6, 6.07) is 21.4. The maximum atomic E-state index is 12.3. The molecule has 0 aliphatic rings. The molecular formula is C19H17NO2. The van der Waals surface area contributed by atoms with E-state index in [1.807, 2.05) is 66.7 Å². The summed E-state index contributed by atoms with van der Waals surface area (Å²) in [6.45, 7) is 0.475. The van der Waals surface area contributed by atoms with Crippen LogP contribution in [0.4, 0.5) is 0 Å². The van der Waals surface area contributed by atoms with E-state index in [1.165, 1.54) is 0 Å². The molecule has 110 valence electrons. The van der Waals surface area contributed by atoms with Crippen LogP contribution in [0, 0.1) is 0 Å². The Morgan fingerprint density at radius 2 is 1.77 bits per heavy atom. The zero-order valence-electron chi connectivity index (χ0n) is 12.4. The van der Waals surface area contributed by atoms with E-state index in [9.17, 15) is 4.79 Å². The number of carbonyl (C=O) groups excluding carboxylic acids is 1. The minimum absolute atomic E-state index is 0.0754. The van der Waals surface area contributed by atoms with Crippen LogP contribution in [0.5, 0.6) is 5.75 Å². The van der Waals surface area contributed by atoms with Crippen LogP contribution in [0.3, 0.4) is 0 Å². The number of carbonyl (C=O) groups is 1. The zero-order valence-corrected chi connectivity index (χ0v) is 12.4. The Kier molecular flexibility index (Phi) is 4.05. The van der Waals surface area contributed by atoms with E-state index in [4.69, 9.17) is 4.74 Å². The Morgan fingerprint density at radius 1 is 0.955 bits per heavy atom. The normalized spacial score (nSPS) is 10.4. The lowest BCUT2D eigenvalue weighted by molar-refractivity contribution is 0.0951. The summed E-state index contributed by atoms with van der Waals surface area (Å²) in [5.41, 5.74) is 1.68. The van der Waals surface area contributed by atoms with Gasteiger partial charge < -0.3 is 10.1 Å². The van der Waals surface area contributed by atoms with Gasteiger partial charge in [-0.3, -0.25) is 4.79 Å². The Hall–Kier alpha value is -2.81. The average Bonchev–Trinajstić information content (AvgIpc) is 2.59. The monoisotopic (exact) mass is 291 g/mol. The number of fused-ring (bicyclic) bond motifs is 1. The SMILES string of the molecule is COc1cccc(CNC(=O)c2ccc3ccccc3c2)c1. The van der Waals surface area contributed by atoms with Crippen LogP contribution in [-0.4, -0.2) is 13.0 Å². The summed E-state index contributed by atoms with van der Waals surface area (Å²) in [5.74, 6) is 0.714. The van der Waals surface area contributed by atoms with E-state index in [2.05, 4.69) is 5.32 Å². The first kappa shape index (κ1) is 14.1. The van der Waals surface area contributed by atoms with Crippen molar-refractivity contribution in [1.29, 1.82) is 0 Å². The average molecular weight is 291 g/mol. The van der Waals surface area contributed by atoms with Gasteiger partial charge in [-0.2, -0.15) is 0 Å². The highest BCUT2D eigenvalue weighted by atomic mass is 16.5. The highest BCUT2D eigenvalue weighted by Gasteiger charge is 2.06. The molecular weight excluding hydrogens is 274 g/mol. The van der Waals surface area contributed by atoms with Crippen molar-refractivity contribution in [2.24, 2.45) is 0 Å². The van der Waals surface area contributed by atoms with Crippen molar-refractivity contribution >= 4 is 16.7 Å². The van der Waals surface area contributed by atoms with Gasteiger partial charge in [-0.15, -0.1) is 0 Å². The molecule has 0 radical (unpaired) electrons. The molecule has 1 amide bonds. The molecule has 1 N–H and O–H groups in total. The van der Waals surface area contributed by atoms with Crippen LogP contribution in [0.15, 0.2) is 66.7 Å². The Bertz CT molecular complexity index is 811. The molecule has 3 aromatic rings. The molecule has 0 saturated heterocycles. The predicted molar refractivity (Wildman–Crippen MR) is 88.1 cm³/mol. The van der Waals surface area contributed by atoms with Crippen molar-refractivity contribution in [1.82, 2.24) is 5.32 Å². The van der Waals surface area contributed by atoms with Gasteiger partial charge in [0, 0.05) is 12.1 Å². The fraction of sp³-hybridized carbons (Fsp3) is 0.105. The van der Waals surface area contributed by atoms with Crippen LogP contribution >= 0.6 is 0 Å². The minimum Gasteiger partial charge on any atom is -0.497 e. The lowest BCUT2D eigenvalue weighted by Gasteiger charge is -2.08. The number of amides is 1. The molecule has 0 aromatic heterocycles. The lowest BCUT2D eigenvalue weighted by Crippen LogP contribution is -2.22. The summed E-state index contributed by atoms with van der Waals surface area (Å²) in [4.78, 5) is 12.3. The lowest BCUT2D eigenvalue weighted by atomic mass is 10.1. The summed E-state index contributed by atoms with van der Waals surface area (Å²) in [6.07, 6.45) is 0. The van der Waals surface area contributed by atoms with Gasteiger partial charge >= 0.3 is 0 Å². The molecule has 0 saturated carbocycles. The standard InChI is InChI=1S/C19H17NO2/c1-22-18-8-4-5-14(11-18)13-20-19(21)17-10-9-15-6-2-3-7-16(15)12-17/h2-12H,13H2,1H3,(H,20,21). The van der Waals surface area contributed by atoms with E-state index >= 15 is 0 Å². The molecule has 3 aromatic carbocycles. The third-order valence-corrected chi connectivity index (χ3v) is 3.60. The first-order chi connectivity index (χ1) is 10.8. The highest BCUT2D eigenvalue weighted by Crippen LogP contribution is 2.16. The van der Waals surface area contributed by atoms with Gasteiger partial charge in [0.05, 0.1) is 7.11 Å². The van der Waals surface area contributed by atoms with Gasteiger partial charge in [-0.25, -0.2) is 0 Å². The zero-order chi connectivity index (χ0) is 15.4. The number of rotatable bonds is 4. The topological polar surface area (TPSA) is 38.3 Å². The van der Waals surface area contributed by atoms with Crippen molar-refractivity contribution in [2.75, 3.05) is 7.11 Å². The molecule has 22 heavy (non-hydrogen) atoms. The molecule has 3 nitrogen and oxygen atoms in total. The summed E-state index contributed by atoms with van der Waals surface area (Å²) in [7, 11) is 1.63.